The molecule has 1 saturated heterocycles. The molecule has 1 atom stereocenters. The van der Waals surface area contributed by atoms with Crippen molar-refractivity contribution in [3.05, 3.63) is 48.7 Å². The average Bonchev–Trinajstić information content (AvgIpc) is 3.21. The Balaban J connectivity index is 1.67. The van der Waals surface area contributed by atoms with Crippen molar-refractivity contribution in [2.24, 2.45) is 7.05 Å². The normalized spacial score (nSPS) is 17.7. The largest absolute Gasteiger partial charge is 0.497 e. The van der Waals surface area contributed by atoms with E-state index in [2.05, 4.69) is 15.0 Å². The second-order valence-electron chi connectivity index (χ2n) is 7.34. The molecule has 4 rings (SSSR count). The number of nitrogen functional groups attached to an aromatic ring is 1. The highest BCUT2D eigenvalue weighted by Crippen LogP contribution is 2.35. The minimum absolute atomic E-state index is 0.0585. The summed E-state index contributed by atoms with van der Waals surface area (Å²) < 4.78 is 34.4. The Morgan fingerprint density at radius 1 is 1.20 bits per heavy atom. The van der Waals surface area contributed by atoms with Gasteiger partial charge in [-0.15, -0.1) is 0 Å². The number of aryl methyl sites for hydroxylation is 1. The van der Waals surface area contributed by atoms with Gasteiger partial charge in [-0.2, -0.15) is 4.31 Å². The van der Waals surface area contributed by atoms with Gasteiger partial charge in [-0.3, -0.25) is 0 Å². The van der Waals surface area contributed by atoms with Crippen LogP contribution in [0, 0.1) is 0 Å². The standard InChI is InChI=1S/C20H24N6O3S/c1-25-12-18(23-13-25)30(27,28)26-9-3-4-15(11-26)19-17(10-22-20(21)24-19)14-5-7-16(29-2)8-6-14/h5-8,10,12-13,15H,3-4,9,11H2,1-2H3,(H2,21,22,24). The van der Waals surface area contributed by atoms with Gasteiger partial charge in [0.15, 0.2) is 5.03 Å². The Bertz CT molecular complexity index is 1140. The van der Waals surface area contributed by atoms with Crippen LogP contribution in [0.2, 0.25) is 0 Å². The molecule has 2 N–H and O–H groups in total. The number of piperidine rings is 1. The molecule has 1 aromatic carbocycles. The molecular formula is C20H24N6O3S. The van der Waals surface area contributed by atoms with Gasteiger partial charge in [0.1, 0.15) is 5.75 Å². The van der Waals surface area contributed by atoms with Gasteiger partial charge in [-0.25, -0.2) is 23.4 Å². The Hall–Kier alpha value is -2.98. The van der Waals surface area contributed by atoms with Crippen molar-refractivity contribution in [3.63, 3.8) is 0 Å². The van der Waals surface area contributed by atoms with Gasteiger partial charge in [0.25, 0.3) is 10.0 Å². The van der Waals surface area contributed by atoms with Crippen LogP contribution in [0.25, 0.3) is 11.1 Å². The number of imidazole rings is 1. The zero-order valence-corrected chi connectivity index (χ0v) is 17.7. The van der Waals surface area contributed by atoms with Crippen LogP contribution in [0.1, 0.15) is 24.5 Å². The highest BCUT2D eigenvalue weighted by atomic mass is 32.2. The third-order valence-electron chi connectivity index (χ3n) is 5.29. The fraction of sp³-hybridized carbons (Fsp3) is 0.350. The predicted molar refractivity (Wildman–Crippen MR) is 112 cm³/mol. The molecule has 1 aliphatic heterocycles. The lowest BCUT2D eigenvalue weighted by Crippen LogP contribution is -2.39. The summed E-state index contributed by atoms with van der Waals surface area (Å²) in [6.07, 6.45) is 6.24. The fourth-order valence-corrected chi connectivity index (χ4v) is 5.24. The van der Waals surface area contributed by atoms with E-state index in [1.165, 1.54) is 16.8 Å². The van der Waals surface area contributed by atoms with E-state index < -0.39 is 10.0 Å². The van der Waals surface area contributed by atoms with E-state index in [0.717, 1.165) is 35.4 Å². The number of ether oxygens (including phenoxy) is 1. The average molecular weight is 429 g/mol. The molecule has 0 radical (unpaired) electrons. The monoisotopic (exact) mass is 428 g/mol. The van der Waals surface area contributed by atoms with E-state index in [1.54, 1.807) is 24.9 Å². The van der Waals surface area contributed by atoms with Crippen LogP contribution in [0.15, 0.2) is 48.0 Å². The van der Waals surface area contributed by atoms with Crippen LogP contribution in [0.4, 0.5) is 5.95 Å². The van der Waals surface area contributed by atoms with Crippen molar-refractivity contribution in [2.45, 2.75) is 23.8 Å². The molecule has 3 aromatic rings. The Kier molecular flexibility index (Phi) is 5.44. The number of rotatable bonds is 5. The van der Waals surface area contributed by atoms with Crippen LogP contribution in [0.5, 0.6) is 5.75 Å². The third kappa shape index (κ3) is 3.88. The van der Waals surface area contributed by atoms with Crippen LogP contribution in [-0.2, 0) is 17.1 Å². The lowest BCUT2D eigenvalue weighted by molar-refractivity contribution is 0.312. The zero-order chi connectivity index (χ0) is 21.3. The van der Waals surface area contributed by atoms with Crippen LogP contribution < -0.4 is 10.5 Å². The van der Waals surface area contributed by atoms with Crippen molar-refractivity contribution < 1.29 is 13.2 Å². The molecule has 1 aliphatic rings. The number of hydrogen-bond donors (Lipinski definition) is 1. The van der Waals surface area contributed by atoms with Crippen LogP contribution in [0.3, 0.4) is 0 Å². The first-order chi connectivity index (χ1) is 14.4. The van der Waals surface area contributed by atoms with Crippen molar-refractivity contribution in [3.8, 4) is 16.9 Å². The van der Waals surface area contributed by atoms with Gasteiger partial charge in [-0.05, 0) is 30.5 Å². The number of hydrogen-bond acceptors (Lipinski definition) is 7. The SMILES string of the molecule is COc1ccc(-c2cnc(N)nc2C2CCCN(S(=O)(=O)c3cn(C)cn3)C2)cc1. The summed E-state index contributed by atoms with van der Waals surface area (Å²) >= 11 is 0. The van der Waals surface area contributed by atoms with Crippen molar-refractivity contribution >= 4 is 16.0 Å². The van der Waals surface area contributed by atoms with E-state index in [1.807, 2.05) is 24.3 Å². The number of aromatic nitrogens is 4. The van der Waals surface area contributed by atoms with Crippen LogP contribution >= 0.6 is 0 Å². The maximum atomic E-state index is 13.0. The Morgan fingerprint density at radius 3 is 2.63 bits per heavy atom. The zero-order valence-electron chi connectivity index (χ0n) is 16.9. The second-order valence-corrected chi connectivity index (χ2v) is 9.22. The molecule has 0 saturated carbocycles. The maximum absolute atomic E-state index is 13.0. The summed E-state index contributed by atoms with van der Waals surface area (Å²) in [5.74, 6) is 0.827. The lowest BCUT2D eigenvalue weighted by atomic mass is 9.91. The predicted octanol–water partition coefficient (Wildman–Crippen LogP) is 2.04. The van der Waals surface area contributed by atoms with E-state index >= 15 is 0 Å². The fourth-order valence-electron chi connectivity index (χ4n) is 3.75. The molecule has 0 spiro atoms. The minimum Gasteiger partial charge on any atom is -0.497 e. The van der Waals surface area contributed by atoms with Gasteiger partial charge in [0, 0.05) is 44.0 Å². The summed E-state index contributed by atoms with van der Waals surface area (Å²) in [4.78, 5) is 12.7. The summed E-state index contributed by atoms with van der Waals surface area (Å²) in [6.45, 7) is 0.770. The first-order valence-electron chi connectivity index (χ1n) is 9.63. The maximum Gasteiger partial charge on any atom is 0.262 e. The quantitative estimate of drug-likeness (QED) is 0.661. The molecule has 2 aromatic heterocycles. The lowest BCUT2D eigenvalue weighted by Gasteiger charge is -2.32. The molecule has 10 heteroatoms. The summed E-state index contributed by atoms with van der Waals surface area (Å²) in [5, 5.41) is 0.0585. The number of methoxy groups -OCH3 is 1. The molecule has 0 bridgehead atoms. The van der Waals surface area contributed by atoms with Gasteiger partial charge >= 0.3 is 0 Å². The molecule has 3 heterocycles. The molecule has 1 unspecified atom stereocenters. The first kappa shape index (κ1) is 20.3. The highest BCUT2D eigenvalue weighted by Gasteiger charge is 2.34. The minimum atomic E-state index is -3.67. The molecule has 1 fully saturated rings. The molecule has 0 aliphatic carbocycles. The molecule has 30 heavy (non-hydrogen) atoms. The van der Waals surface area contributed by atoms with E-state index in [0.29, 0.717) is 13.1 Å². The van der Waals surface area contributed by atoms with Crippen molar-refractivity contribution in [1.82, 2.24) is 23.8 Å². The van der Waals surface area contributed by atoms with Gasteiger partial charge < -0.3 is 15.0 Å². The van der Waals surface area contributed by atoms with Gasteiger partial charge in [0.2, 0.25) is 5.95 Å². The molecule has 0 amide bonds. The number of nitrogens with zero attached hydrogens (tertiary/aromatic N) is 5. The van der Waals surface area contributed by atoms with Crippen molar-refractivity contribution in [1.29, 1.82) is 0 Å². The van der Waals surface area contributed by atoms with Gasteiger partial charge in [0.05, 0.1) is 19.1 Å². The Labute approximate surface area is 175 Å². The molecular weight excluding hydrogens is 404 g/mol. The third-order valence-corrected chi connectivity index (χ3v) is 7.04. The van der Waals surface area contributed by atoms with Gasteiger partial charge in [-0.1, -0.05) is 12.1 Å². The first-order valence-corrected chi connectivity index (χ1v) is 11.1. The number of nitrogens with two attached hydrogens (primary N) is 1. The second kappa shape index (κ2) is 8.04. The number of benzene rings is 1. The topological polar surface area (TPSA) is 116 Å². The molecule has 158 valence electrons. The van der Waals surface area contributed by atoms with Crippen LogP contribution in [-0.4, -0.2) is 52.4 Å². The summed E-state index contributed by atoms with van der Waals surface area (Å²) in [7, 11) is -0.306. The molecule has 9 nitrogen and oxygen atoms in total. The summed E-state index contributed by atoms with van der Waals surface area (Å²) in [6, 6.07) is 7.60. The Morgan fingerprint density at radius 2 is 1.97 bits per heavy atom. The summed E-state index contributed by atoms with van der Waals surface area (Å²) in [5.41, 5.74) is 8.41. The number of sulfonamides is 1. The number of anilines is 1. The smallest absolute Gasteiger partial charge is 0.262 e. The van der Waals surface area contributed by atoms with Crippen molar-refractivity contribution in [2.75, 3.05) is 25.9 Å². The highest BCUT2D eigenvalue weighted by molar-refractivity contribution is 7.89. The van der Waals surface area contributed by atoms with E-state index in [4.69, 9.17) is 10.5 Å². The van der Waals surface area contributed by atoms with E-state index in [-0.39, 0.29) is 16.9 Å². The van der Waals surface area contributed by atoms with E-state index in [9.17, 15) is 8.42 Å².